The molecule has 0 rings (SSSR count). The Balaban J connectivity index is 3.08. The molecule has 0 saturated heterocycles. The molecule has 2 nitrogen and oxygen atoms in total. The normalized spacial score (nSPS) is 12.5. The molecule has 1 atom stereocenters. The molecule has 1 N–H and O–H groups in total. The van der Waals surface area contributed by atoms with Crippen molar-refractivity contribution in [3.63, 3.8) is 0 Å². The van der Waals surface area contributed by atoms with Gasteiger partial charge in [-0.3, -0.25) is 4.79 Å². The monoisotopic (exact) mass is 157 g/mol. The zero-order valence-corrected chi connectivity index (χ0v) is 7.60. The highest BCUT2D eigenvalue weighted by molar-refractivity contribution is 5.45. The molecule has 0 saturated carbocycles. The van der Waals surface area contributed by atoms with E-state index in [2.05, 4.69) is 19.2 Å². The molecule has 0 aromatic heterocycles. The second-order valence-corrected chi connectivity index (χ2v) is 3.11. The lowest BCUT2D eigenvalue weighted by molar-refractivity contribution is -0.109. The van der Waals surface area contributed by atoms with Crippen LogP contribution in [0.15, 0.2) is 0 Å². The van der Waals surface area contributed by atoms with Gasteiger partial charge in [-0.05, 0) is 12.3 Å². The number of unbranched alkanes of at least 4 members (excludes halogenated alkanes) is 1. The lowest BCUT2D eigenvalue weighted by Gasteiger charge is -2.08. The minimum Gasteiger partial charge on any atom is -0.359 e. The highest BCUT2D eigenvalue weighted by Crippen LogP contribution is 2.10. The van der Waals surface area contributed by atoms with E-state index < -0.39 is 0 Å². The maximum Gasteiger partial charge on any atom is 0.207 e. The topological polar surface area (TPSA) is 29.1 Å². The Morgan fingerprint density at radius 1 is 1.45 bits per heavy atom. The van der Waals surface area contributed by atoms with Crippen molar-refractivity contribution >= 4 is 6.41 Å². The van der Waals surface area contributed by atoms with Crippen LogP contribution in [0.1, 0.15) is 39.5 Å². The van der Waals surface area contributed by atoms with Gasteiger partial charge in [0.15, 0.2) is 0 Å². The summed E-state index contributed by atoms with van der Waals surface area (Å²) in [5.41, 5.74) is 0. The first-order valence-electron chi connectivity index (χ1n) is 4.48. The van der Waals surface area contributed by atoms with E-state index >= 15 is 0 Å². The van der Waals surface area contributed by atoms with E-state index in [1.807, 2.05) is 0 Å². The molecule has 1 unspecified atom stereocenters. The molecule has 0 aliphatic carbocycles. The van der Waals surface area contributed by atoms with Gasteiger partial charge in [-0.15, -0.1) is 0 Å². The molecule has 0 aliphatic heterocycles. The fraction of sp³-hybridized carbons (Fsp3) is 0.889. The van der Waals surface area contributed by atoms with Crippen LogP contribution >= 0.6 is 0 Å². The van der Waals surface area contributed by atoms with E-state index in [0.717, 1.165) is 25.3 Å². The van der Waals surface area contributed by atoms with Crippen LogP contribution in [-0.2, 0) is 4.79 Å². The van der Waals surface area contributed by atoms with Crippen LogP contribution in [0.25, 0.3) is 0 Å². The molecular formula is C9H19NO. The van der Waals surface area contributed by atoms with Crippen LogP contribution in [0.5, 0.6) is 0 Å². The van der Waals surface area contributed by atoms with E-state index in [1.54, 1.807) is 0 Å². The van der Waals surface area contributed by atoms with Crippen LogP contribution in [0.3, 0.4) is 0 Å². The molecule has 0 fully saturated rings. The van der Waals surface area contributed by atoms with Gasteiger partial charge in [0.25, 0.3) is 0 Å². The molecule has 2 heteroatoms. The van der Waals surface area contributed by atoms with Crippen molar-refractivity contribution in [2.24, 2.45) is 5.92 Å². The van der Waals surface area contributed by atoms with Crippen molar-refractivity contribution in [2.75, 3.05) is 6.54 Å². The van der Waals surface area contributed by atoms with Crippen molar-refractivity contribution in [2.45, 2.75) is 39.5 Å². The molecule has 66 valence electrons. The highest BCUT2D eigenvalue weighted by Gasteiger charge is 1.99. The predicted octanol–water partition coefficient (Wildman–Crippen LogP) is 1.95. The summed E-state index contributed by atoms with van der Waals surface area (Å²) in [5, 5.41) is 2.68. The quantitative estimate of drug-likeness (QED) is 0.444. The number of hydrogen-bond acceptors (Lipinski definition) is 1. The predicted molar refractivity (Wildman–Crippen MR) is 47.4 cm³/mol. The summed E-state index contributed by atoms with van der Waals surface area (Å²) < 4.78 is 0. The zero-order valence-electron chi connectivity index (χ0n) is 7.60. The lowest BCUT2D eigenvalue weighted by Crippen LogP contribution is -2.14. The minimum atomic E-state index is 0.752. The summed E-state index contributed by atoms with van der Waals surface area (Å²) in [6.45, 7) is 5.27. The second kappa shape index (κ2) is 7.58. The molecular weight excluding hydrogens is 138 g/mol. The van der Waals surface area contributed by atoms with Gasteiger partial charge in [0.2, 0.25) is 6.41 Å². The van der Waals surface area contributed by atoms with Crippen molar-refractivity contribution in [1.29, 1.82) is 0 Å². The Kier molecular flexibility index (Phi) is 7.21. The number of nitrogens with one attached hydrogen (secondary N) is 1. The zero-order chi connectivity index (χ0) is 8.53. The Labute approximate surface area is 69.4 Å². The fourth-order valence-corrected chi connectivity index (χ4v) is 1.09. The summed E-state index contributed by atoms with van der Waals surface area (Å²) in [7, 11) is 0. The van der Waals surface area contributed by atoms with E-state index in [9.17, 15) is 4.79 Å². The Morgan fingerprint density at radius 3 is 2.73 bits per heavy atom. The van der Waals surface area contributed by atoms with Gasteiger partial charge in [0, 0.05) is 6.54 Å². The van der Waals surface area contributed by atoms with E-state index in [1.165, 1.54) is 19.3 Å². The second-order valence-electron chi connectivity index (χ2n) is 3.11. The molecule has 0 radical (unpaired) electrons. The van der Waals surface area contributed by atoms with E-state index in [-0.39, 0.29) is 0 Å². The van der Waals surface area contributed by atoms with Gasteiger partial charge in [-0.25, -0.2) is 0 Å². The smallest absolute Gasteiger partial charge is 0.207 e. The average Bonchev–Trinajstić information content (AvgIpc) is 2.01. The summed E-state index contributed by atoms with van der Waals surface area (Å²) in [4.78, 5) is 9.89. The first kappa shape index (κ1) is 10.5. The molecule has 0 aliphatic rings. The SMILES string of the molecule is CCCCC(C)CCNC=O. The largest absolute Gasteiger partial charge is 0.359 e. The Morgan fingerprint density at radius 2 is 2.18 bits per heavy atom. The summed E-state index contributed by atoms with van der Waals surface area (Å²) in [5.74, 6) is 0.752. The fourth-order valence-electron chi connectivity index (χ4n) is 1.09. The van der Waals surface area contributed by atoms with Gasteiger partial charge in [-0.2, -0.15) is 0 Å². The van der Waals surface area contributed by atoms with Crippen LogP contribution in [-0.4, -0.2) is 13.0 Å². The van der Waals surface area contributed by atoms with Gasteiger partial charge in [-0.1, -0.05) is 33.1 Å². The molecule has 0 aromatic rings. The average molecular weight is 157 g/mol. The molecule has 11 heavy (non-hydrogen) atoms. The van der Waals surface area contributed by atoms with Gasteiger partial charge >= 0.3 is 0 Å². The number of rotatable bonds is 7. The Bertz CT molecular complexity index is 93.6. The third-order valence-electron chi connectivity index (χ3n) is 1.92. The van der Waals surface area contributed by atoms with Gasteiger partial charge < -0.3 is 5.32 Å². The van der Waals surface area contributed by atoms with Crippen molar-refractivity contribution in [3.05, 3.63) is 0 Å². The number of carbonyl (C=O) groups is 1. The third kappa shape index (κ3) is 7.37. The third-order valence-corrected chi connectivity index (χ3v) is 1.92. The first-order chi connectivity index (χ1) is 5.31. The number of hydrogen-bond donors (Lipinski definition) is 1. The van der Waals surface area contributed by atoms with Crippen molar-refractivity contribution in [3.8, 4) is 0 Å². The molecule has 0 aromatic carbocycles. The number of amides is 1. The minimum absolute atomic E-state index is 0.752. The summed E-state index contributed by atoms with van der Waals surface area (Å²) >= 11 is 0. The van der Waals surface area contributed by atoms with Crippen molar-refractivity contribution in [1.82, 2.24) is 5.32 Å². The molecule has 0 spiro atoms. The maximum atomic E-state index is 9.89. The molecule has 0 heterocycles. The van der Waals surface area contributed by atoms with Crippen molar-refractivity contribution < 1.29 is 4.79 Å². The van der Waals surface area contributed by atoms with Gasteiger partial charge in [0.1, 0.15) is 0 Å². The maximum absolute atomic E-state index is 9.89. The summed E-state index contributed by atoms with van der Waals surface area (Å²) in [6, 6.07) is 0. The lowest BCUT2D eigenvalue weighted by atomic mass is 10.0. The summed E-state index contributed by atoms with van der Waals surface area (Å²) in [6.07, 6.45) is 5.75. The number of carbonyl (C=O) groups excluding carboxylic acids is 1. The van der Waals surface area contributed by atoms with Crippen LogP contribution in [0, 0.1) is 5.92 Å². The van der Waals surface area contributed by atoms with Crippen LogP contribution in [0.4, 0.5) is 0 Å². The molecule has 1 amide bonds. The van der Waals surface area contributed by atoms with Gasteiger partial charge in [0.05, 0.1) is 0 Å². The van der Waals surface area contributed by atoms with Crippen LogP contribution in [0.2, 0.25) is 0 Å². The van der Waals surface area contributed by atoms with E-state index in [4.69, 9.17) is 0 Å². The molecule has 0 bridgehead atoms. The first-order valence-corrected chi connectivity index (χ1v) is 4.48. The van der Waals surface area contributed by atoms with Crippen LogP contribution < -0.4 is 5.32 Å². The highest BCUT2D eigenvalue weighted by atomic mass is 16.1. The Hall–Kier alpha value is -0.530. The standard InChI is InChI=1S/C9H19NO/c1-3-4-5-9(2)6-7-10-8-11/h8-9H,3-7H2,1-2H3,(H,10,11). The van der Waals surface area contributed by atoms with E-state index in [0.29, 0.717) is 0 Å².